The Kier molecular flexibility index (Phi) is 5.13. The number of nitrogens with one attached hydrogen (secondary N) is 1. The van der Waals surface area contributed by atoms with Crippen molar-refractivity contribution < 1.29 is 9.47 Å². The van der Waals surface area contributed by atoms with E-state index in [9.17, 15) is 0 Å². The van der Waals surface area contributed by atoms with Gasteiger partial charge >= 0.3 is 0 Å². The molecular weight excluding hydrogens is 228 g/mol. The van der Waals surface area contributed by atoms with Gasteiger partial charge in [-0.1, -0.05) is 20.8 Å². The van der Waals surface area contributed by atoms with Gasteiger partial charge < -0.3 is 20.5 Å². The number of nitrogens with two attached hydrogens (primary N) is 1. The van der Waals surface area contributed by atoms with Crippen molar-refractivity contribution in [1.82, 2.24) is 0 Å². The maximum absolute atomic E-state index is 6.03. The summed E-state index contributed by atoms with van der Waals surface area (Å²) in [7, 11) is 3.23. The van der Waals surface area contributed by atoms with Gasteiger partial charge in [0, 0.05) is 18.2 Å². The smallest absolute Gasteiger partial charge is 0.162 e. The quantitative estimate of drug-likeness (QED) is 0.764. The van der Waals surface area contributed by atoms with E-state index in [1.165, 1.54) is 0 Å². The van der Waals surface area contributed by atoms with E-state index in [0.717, 1.165) is 12.1 Å². The average molecular weight is 252 g/mol. The Morgan fingerprint density at radius 2 is 1.72 bits per heavy atom. The van der Waals surface area contributed by atoms with Crippen LogP contribution in [0.1, 0.15) is 27.2 Å². The summed E-state index contributed by atoms with van der Waals surface area (Å²) in [5.41, 5.74) is 7.60. The largest absolute Gasteiger partial charge is 0.493 e. The Morgan fingerprint density at radius 3 is 2.17 bits per heavy atom. The highest BCUT2D eigenvalue weighted by Crippen LogP contribution is 2.35. The second-order valence-corrected chi connectivity index (χ2v) is 4.70. The van der Waals surface area contributed by atoms with Gasteiger partial charge in [0.05, 0.1) is 25.6 Å². The maximum atomic E-state index is 6.03. The zero-order valence-corrected chi connectivity index (χ0v) is 11.9. The average Bonchev–Trinajstić information content (AvgIpc) is 2.36. The lowest BCUT2D eigenvalue weighted by Gasteiger charge is -2.23. The fraction of sp³-hybridized carbons (Fsp3) is 0.571. The zero-order valence-electron chi connectivity index (χ0n) is 11.9. The van der Waals surface area contributed by atoms with Gasteiger partial charge in [0.1, 0.15) is 0 Å². The summed E-state index contributed by atoms with van der Waals surface area (Å²) in [6.07, 6.45) is 1.05. The van der Waals surface area contributed by atoms with Crippen LogP contribution < -0.4 is 20.5 Å². The van der Waals surface area contributed by atoms with Crippen molar-refractivity contribution in [3.63, 3.8) is 0 Å². The molecule has 1 aromatic rings. The van der Waals surface area contributed by atoms with Crippen LogP contribution in [-0.2, 0) is 0 Å². The molecule has 0 aliphatic heterocycles. The van der Waals surface area contributed by atoms with Crippen LogP contribution in [0.2, 0.25) is 0 Å². The summed E-state index contributed by atoms with van der Waals surface area (Å²) in [5.74, 6) is 1.88. The lowest BCUT2D eigenvalue weighted by molar-refractivity contribution is 0.355. The highest BCUT2D eigenvalue weighted by Gasteiger charge is 2.14. The van der Waals surface area contributed by atoms with Gasteiger partial charge in [-0.05, 0) is 12.3 Å². The minimum atomic E-state index is 0.394. The molecule has 0 saturated heterocycles. The molecule has 0 bridgehead atoms. The first-order chi connectivity index (χ1) is 8.53. The van der Waals surface area contributed by atoms with Crippen LogP contribution in [0.25, 0.3) is 0 Å². The molecule has 1 unspecified atom stereocenters. The Labute approximate surface area is 109 Å². The Morgan fingerprint density at radius 1 is 1.17 bits per heavy atom. The maximum Gasteiger partial charge on any atom is 0.162 e. The monoisotopic (exact) mass is 252 g/mol. The fourth-order valence-electron chi connectivity index (χ4n) is 1.96. The predicted molar refractivity (Wildman–Crippen MR) is 76.5 cm³/mol. The second-order valence-electron chi connectivity index (χ2n) is 4.70. The first-order valence-corrected chi connectivity index (χ1v) is 6.31. The lowest BCUT2D eigenvalue weighted by Crippen LogP contribution is -2.25. The minimum absolute atomic E-state index is 0.394. The van der Waals surface area contributed by atoms with Gasteiger partial charge in [0.2, 0.25) is 0 Å². The van der Waals surface area contributed by atoms with Crippen molar-refractivity contribution in [3.05, 3.63) is 12.1 Å². The van der Waals surface area contributed by atoms with Gasteiger partial charge in [-0.25, -0.2) is 0 Å². The van der Waals surface area contributed by atoms with E-state index in [1.54, 1.807) is 20.3 Å². The van der Waals surface area contributed by atoms with Gasteiger partial charge in [0.15, 0.2) is 11.5 Å². The normalized spacial score (nSPS) is 12.3. The zero-order chi connectivity index (χ0) is 13.7. The van der Waals surface area contributed by atoms with Crippen molar-refractivity contribution in [2.75, 3.05) is 25.3 Å². The number of methoxy groups -OCH3 is 2. The summed E-state index contributed by atoms with van der Waals surface area (Å²) in [6, 6.07) is 4.07. The van der Waals surface area contributed by atoms with Crippen molar-refractivity contribution in [3.8, 4) is 11.5 Å². The standard InChI is InChI=1S/C14H24N2O2/c1-6-11(9(2)3)16-12-8-14(18-5)13(17-4)7-10(12)15/h7-9,11,16H,6,15H2,1-5H3. The predicted octanol–water partition coefficient (Wildman–Crippen LogP) is 3.13. The van der Waals surface area contributed by atoms with Crippen LogP contribution >= 0.6 is 0 Å². The van der Waals surface area contributed by atoms with E-state index in [1.807, 2.05) is 6.07 Å². The van der Waals surface area contributed by atoms with Crippen LogP contribution in [-0.4, -0.2) is 20.3 Å². The van der Waals surface area contributed by atoms with E-state index < -0.39 is 0 Å². The van der Waals surface area contributed by atoms with Crippen molar-refractivity contribution >= 4 is 11.4 Å². The molecule has 18 heavy (non-hydrogen) atoms. The molecule has 0 heterocycles. The summed E-state index contributed by atoms with van der Waals surface area (Å²) in [4.78, 5) is 0. The van der Waals surface area contributed by atoms with Crippen LogP contribution in [0.3, 0.4) is 0 Å². The number of rotatable bonds is 6. The lowest BCUT2D eigenvalue weighted by atomic mass is 10.0. The molecule has 0 fully saturated rings. The van der Waals surface area contributed by atoms with Gasteiger partial charge in [0.25, 0.3) is 0 Å². The van der Waals surface area contributed by atoms with Crippen LogP contribution in [0.5, 0.6) is 11.5 Å². The number of benzene rings is 1. The Bertz CT molecular complexity index is 392. The van der Waals surface area contributed by atoms with E-state index >= 15 is 0 Å². The van der Waals surface area contributed by atoms with Crippen molar-refractivity contribution in [2.45, 2.75) is 33.2 Å². The summed E-state index contributed by atoms with van der Waals surface area (Å²) < 4.78 is 10.5. The fourth-order valence-corrected chi connectivity index (χ4v) is 1.96. The molecule has 0 saturated carbocycles. The Balaban J connectivity index is 3.02. The van der Waals surface area contributed by atoms with Gasteiger partial charge in [-0.2, -0.15) is 0 Å². The molecule has 0 radical (unpaired) electrons. The van der Waals surface area contributed by atoms with E-state index in [4.69, 9.17) is 15.2 Å². The molecule has 4 nitrogen and oxygen atoms in total. The number of ether oxygens (including phenoxy) is 2. The topological polar surface area (TPSA) is 56.5 Å². The molecular formula is C14H24N2O2. The summed E-state index contributed by atoms with van der Waals surface area (Å²) in [5, 5.41) is 3.46. The van der Waals surface area contributed by atoms with Crippen molar-refractivity contribution in [2.24, 2.45) is 5.92 Å². The third-order valence-electron chi connectivity index (χ3n) is 3.14. The van der Waals surface area contributed by atoms with E-state index in [0.29, 0.717) is 29.1 Å². The third kappa shape index (κ3) is 3.22. The minimum Gasteiger partial charge on any atom is -0.493 e. The number of nitrogen functional groups attached to an aromatic ring is 1. The van der Waals surface area contributed by atoms with Crippen LogP contribution in [0.4, 0.5) is 11.4 Å². The molecule has 0 aliphatic rings. The SMILES string of the molecule is CCC(Nc1cc(OC)c(OC)cc1N)C(C)C. The molecule has 4 heteroatoms. The van der Waals surface area contributed by atoms with Crippen LogP contribution in [0.15, 0.2) is 12.1 Å². The molecule has 1 aromatic carbocycles. The first-order valence-electron chi connectivity index (χ1n) is 6.31. The van der Waals surface area contributed by atoms with E-state index in [2.05, 4.69) is 26.1 Å². The molecule has 0 amide bonds. The molecule has 3 N–H and O–H groups in total. The van der Waals surface area contributed by atoms with E-state index in [-0.39, 0.29) is 0 Å². The molecule has 0 aliphatic carbocycles. The highest BCUT2D eigenvalue weighted by molar-refractivity contribution is 5.72. The number of hydrogen-bond acceptors (Lipinski definition) is 4. The highest BCUT2D eigenvalue weighted by atomic mass is 16.5. The van der Waals surface area contributed by atoms with Gasteiger partial charge in [-0.3, -0.25) is 0 Å². The summed E-state index contributed by atoms with van der Waals surface area (Å²) >= 11 is 0. The summed E-state index contributed by atoms with van der Waals surface area (Å²) in [6.45, 7) is 6.55. The number of hydrogen-bond donors (Lipinski definition) is 2. The Hall–Kier alpha value is -1.58. The second kappa shape index (κ2) is 6.38. The number of anilines is 2. The first kappa shape index (κ1) is 14.5. The molecule has 102 valence electrons. The third-order valence-corrected chi connectivity index (χ3v) is 3.14. The molecule has 0 aromatic heterocycles. The van der Waals surface area contributed by atoms with Crippen molar-refractivity contribution in [1.29, 1.82) is 0 Å². The van der Waals surface area contributed by atoms with Gasteiger partial charge in [-0.15, -0.1) is 0 Å². The van der Waals surface area contributed by atoms with Crippen LogP contribution in [0, 0.1) is 5.92 Å². The molecule has 1 rings (SSSR count). The molecule has 0 spiro atoms. The molecule has 1 atom stereocenters.